The fourth-order valence-electron chi connectivity index (χ4n) is 8.28. The van der Waals surface area contributed by atoms with Crippen LogP contribution < -0.4 is 0 Å². The van der Waals surface area contributed by atoms with E-state index in [0.717, 1.165) is 11.1 Å². The van der Waals surface area contributed by atoms with Crippen LogP contribution in [0.2, 0.25) is 0 Å². The Hall–Kier alpha value is -2.54. The highest BCUT2D eigenvalue weighted by molar-refractivity contribution is 5.87. The Morgan fingerprint density at radius 1 is 1.12 bits per heavy atom. The highest BCUT2D eigenvalue weighted by Crippen LogP contribution is 2.71. The van der Waals surface area contributed by atoms with E-state index < -0.39 is 63.5 Å². The molecule has 3 fully saturated rings. The van der Waals surface area contributed by atoms with Crippen molar-refractivity contribution in [1.29, 1.82) is 5.26 Å². The van der Waals surface area contributed by atoms with Gasteiger partial charge in [-0.25, -0.2) is 4.79 Å². The Kier molecular flexibility index (Phi) is 7.66. The molecule has 4 aliphatic rings. The molecule has 0 aromatic rings. The van der Waals surface area contributed by atoms with Crippen LogP contribution in [-0.4, -0.2) is 62.1 Å². The van der Waals surface area contributed by atoms with Gasteiger partial charge >= 0.3 is 11.9 Å². The van der Waals surface area contributed by atoms with E-state index in [-0.39, 0.29) is 38.0 Å². The zero-order valence-corrected chi connectivity index (χ0v) is 24.5. The molecule has 0 spiro atoms. The molecule has 3 N–H and O–H groups in total. The molecule has 1 unspecified atom stereocenters. The molecule has 0 amide bonds. The molecule has 9 heteroatoms. The normalized spacial score (nSPS) is 42.6. The number of Topliss-reactive ketones (excluding diaryl/α,β-unsaturated/α-hetero) is 1. The van der Waals surface area contributed by atoms with Gasteiger partial charge < -0.3 is 24.8 Å². The number of fused-ring (bicyclic) bond motifs is 5. The minimum absolute atomic E-state index is 0.0326. The number of ether oxygens (including phenoxy) is 2. The van der Waals surface area contributed by atoms with Gasteiger partial charge in [0.05, 0.1) is 11.5 Å². The fourth-order valence-corrected chi connectivity index (χ4v) is 8.28. The van der Waals surface area contributed by atoms with Gasteiger partial charge in [0.2, 0.25) is 0 Å². The molecule has 0 heterocycles. The lowest BCUT2D eigenvalue weighted by Gasteiger charge is -2.67. The Balaban J connectivity index is 1.77. The van der Waals surface area contributed by atoms with Gasteiger partial charge in [-0.05, 0) is 70.6 Å². The van der Waals surface area contributed by atoms with Crippen LogP contribution >= 0.6 is 0 Å². The smallest absolute Gasteiger partial charge is 0.330 e. The first-order chi connectivity index (χ1) is 18.5. The van der Waals surface area contributed by atoms with Gasteiger partial charge in [0.15, 0.2) is 5.78 Å². The summed E-state index contributed by atoms with van der Waals surface area (Å²) in [5.74, 6) is -2.18. The van der Waals surface area contributed by atoms with Gasteiger partial charge in [-0.1, -0.05) is 38.0 Å². The van der Waals surface area contributed by atoms with Gasteiger partial charge in [0.1, 0.15) is 35.4 Å². The predicted molar refractivity (Wildman–Crippen MR) is 144 cm³/mol. The Bertz CT molecular complexity index is 1200. The second-order valence-corrected chi connectivity index (χ2v) is 13.2. The van der Waals surface area contributed by atoms with Crippen LogP contribution in [0.5, 0.6) is 0 Å². The maximum Gasteiger partial charge on any atom is 0.330 e. The lowest BCUT2D eigenvalue weighted by molar-refractivity contribution is -0.314. The number of aliphatic hydroxyl groups is 3. The van der Waals surface area contributed by atoms with Crippen LogP contribution in [0.15, 0.2) is 23.3 Å². The van der Waals surface area contributed by atoms with Crippen LogP contribution in [0.25, 0.3) is 0 Å². The van der Waals surface area contributed by atoms with E-state index in [1.165, 1.54) is 13.0 Å². The van der Waals surface area contributed by atoms with Gasteiger partial charge in [0.25, 0.3) is 0 Å². The van der Waals surface area contributed by atoms with Crippen LogP contribution in [0.3, 0.4) is 0 Å². The van der Waals surface area contributed by atoms with Crippen molar-refractivity contribution < 1.29 is 39.2 Å². The molecule has 0 aromatic heterocycles. The van der Waals surface area contributed by atoms with Gasteiger partial charge in [-0.3, -0.25) is 9.59 Å². The molecule has 4 rings (SSSR count). The van der Waals surface area contributed by atoms with Crippen molar-refractivity contribution >= 4 is 17.7 Å². The summed E-state index contributed by atoms with van der Waals surface area (Å²) in [4.78, 5) is 38.0. The number of rotatable bonds is 6. The standard InChI is InChI=1S/C31H43NO8/c1-18(2)19(3)15-26(35)40-24-17-23-27(5)10-8-22(39-25(34)9-14-32)16-21(27)7-11-30(23,37)31(38)13-12-29(36,20(4)33)28(24,31)6/h7,15,18,22-24,36-38H,8-13,16-17H2,1-6H3/b19-15+/t22-,23?,24+,27-,28+,29+,30-,31+/m0/s1. The van der Waals surface area contributed by atoms with E-state index in [2.05, 4.69) is 0 Å². The molecule has 8 atom stereocenters. The van der Waals surface area contributed by atoms with Crippen LogP contribution in [-0.2, 0) is 23.9 Å². The molecule has 0 saturated heterocycles. The maximum absolute atomic E-state index is 13.2. The highest BCUT2D eigenvalue weighted by atomic mass is 16.6. The number of carbonyl (C=O) groups excluding carboxylic acids is 3. The summed E-state index contributed by atoms with van der Waals surface area (Å²) in [5.41, 5.74) is -6.10. The van der Waals surface area contributed by atoms with E-state index >= 15 is 0 Å². The molecule has 40 heavy (non-hydrogen) atoms. The monoisotopic (exact) mass is 557 g/mol. The molecule has 4 aliphatic carbocycles. The average molecular weight is 558 g/mol. The number of nitrogens with zero attached hydrogens (tertiary/aromatic N) is 1. The van der Waals surface area contributed by atoms with E-state index in [1.54, 1.807) is 13.0 Å². The number of carbonyl (C=O) groups is 3. The Morgan fingerprint density at radius 2 is 1.80 bits per heavy atom. The number of nitriles is 1. The lowest BCUT2D eigenvalue weighted by atomic mass is 9.42. The lowest BCUT2D eigenvalue weighted by Crippen LogP contribution is -2.78. The highest BCUT2D eigenvalue weighted by Gasteiger charge is 2.81. The van der Waals surface area contributed by atoms with Gasteiger partial charge in [0, 0.05) is 18.4 Å². The number of allylic oxidation sites excluding steroid dienone is 1. The molecule has 0 aliphatic heterocycles. The van der Waals surface area contributed by atoms with Gasteiger partial charge in [-0.2, -0.15) is 5.26 Å². The third-order valence-corrected chi connectivity index (χ3v) is 11.2. The largest absolute Gasteiger partial charge is 0.461 e. The van der Waals surface area contributed by atoms with Crippen molar-refractivity contribution in [2.75, 3.05) is 0 Å². The number of esters is 2. The summed E-state index contributed by atoms with van der Waals surface area (Å²) < 4.78 is 11.6. The van der Waals surface area contributed by atoms with E-state index in [1.807, 2.05) is 33.8 Å². The minimum Gasteiger partial charge on any atom is -0.461 e. The molecule has 9 nitrogen and oxygen atoms in total. The molecule has 0 radical (unpaired) electrons. The summed E-state index contributed by atoms with van der Waals surface area (Å²) in [6.07, 6.45) is 3.13. The number of ketones is 1. The third kappa shape index (κ3) is 4.17. The molecular weight excluding hydrogens is 514 g/mol. The zero-order chi connectivity index (χ0) is 29.9. The second-order valence-electron chi connectivity index (χ2n) is 13.2. The van der Waals surface area contributed by atoms with Crippen molar-refractivity contribution in [2.45, 2.75) is 122 Å². The predicted octanol–water partition coefficient (Wildman–Crippen LogP) is 3.45. The third-order valence-electron chi connectivity index (χ3n) is 11.2. The summed E-state index contributed by atoms with van der Waals surface area (Å²) in [7, 11) is 0. The molecular formula is C31H43NO8. The summed E-state index contributed by atoms with van der Waals surface area (Å²) in [6.45, 7) is 10.6. The second kappa shape index (κ2) is 10.1. The average Bonchev–Trinajstić information content (AvgIpc) is 3.10. The summed E-state index contributed by atoms with van der Waals surface area (Å²) in [6, 6.07) is 1.80. The first-order valence-corrected chi connectivity index (χ1v) is 14.3. The van der Waals surface area contributed by atoms with Crippen molar-refractivity contribution in [3.63, 3.8) is 0 Å². The first kappa shape index (κ1) is 30.4. The quantitative estimate of drug-likeness (QED) is 0.253. The fraction of sp³-hybridized carbons (Fsp3) is 0.742. The minimum atomic E-state index is -2.00. The first-order valence-electron chi connectivity index (χ1n) is 14.3. The summed E-state index contributed by atoms with van der Waals surface area (Å²) in [5, 5.41) is 45.6. The van der Waals surface area contributed by atoms with Crippen molar-refractivity contribution in [3.8, 4) is 6.07 Å². The maximum atomic E-state index is 13.2. The molecule has 3 saturated carbocycles. The Labute approximate surface area is 236 Å². The van der Waals surface area contributed by atoms with Crippen molar-refractivity contribution in [1.82, 2.24) is 0 Å². The zero-order valence-electron chi connectivity index (χ0n) is 24.5. The van der Waals surface area contributed by atoms with Crippen LogP contribution in [0.1, 0.15) is 92.9 Å². The van der Waals surface area contributed by atoms with Crippen LogP contribution in [0, 0.1) is 34.0 Å². The molecule has 220 valence electrons. The van der Waals surface area contributed by atoms with E-state index in [9.17, 15) is 29.7 Å². The van der Waals surface area contributed by atoms with Crippen LogP contribution in [0.4, 0.5) is 0 Å². The SMILES string of the molecule is CC(=O)[C@]1(O)CC[C@@]2(O)[C@]1(C)[C@H](OC(=O)/C=C(\C)C(C)C)CC1[C@@]3(C)CC[C@H](OC(=O)CC#N)CC3=CC[C@]12O. The summed E-state index contributed by atoms with van der Waals surface area (Å²) >= 11 is 0. The van der Waals surface area contributed by atoms with E-state index in [4.69, 9.17) is 14.7 Å². The number of hydrogen-bond donors (Lipinski definition) is 3. The number of hydrogen-bond acceptors (Lipinski definition) is 9. The van der Waals surface area contributed by atoms with Crippen molar-refractivity contribution in [3.05, 3.63) is 23.3 Å². The molecule has 0 bridgehead atoms. The Morgan fingerprint density at radius 3 is 2.40 bits per heavy atom. The van der Waals surface area contributed by atoms with Gasteiger partial charge in [-0.15, -0.1) is 0 Å². The van der Waals surface area contributed by atoms with E-state index in [0.29, 0.717) is 19.3 Å². The van der Waals surface area contributed by atoms with Crippen molar-refractivity contribution in [2.24, 2.45) is 22.7 Å². The topological polar surface area (TPSA) is 154 Å². The molecule has 0 aromatic carbocycles.